The first-order valence-electron chi connectivity index (χ1n) is 7.13. The van der Waals surface area contributed by atoms with Crippen molar-refractivity contribution < 1.29 is 4.39 Å². The largest absolute Gasteiger partial charge is 0.328 e. The molecular weight excluding hydrogens is 239 g/mol. The molecule has 2 rings (SSSR count). The van der Waals surface area contributed by atoms with Gasteiger partial charge in [-0.15, -0.1) is 0 Å². The van der Waals surface area contributed by atoms with Crippen LogP contribution in [-0.2, 0) is 0 Å². The number of hydrogen-bond donors (Lipinski definition) is 2. The summed E-state index contributed by atoms with van der Waals surface area (Å²) in [7, 11) is 0. The molecule has 1 aromatic rings. The lowest BCUT2D eigenvalue weighted by molar-refractivity contribution is 0.248. The number of benzene rings is 1. The van der Waals surface area contributed by atoms with Gasteiger partial charge in [0.15, 0.2) is 0 Å². The SMILES string of the molecule is CC(C)(C)C(NC1CCC(N)C1)c1ccc(F)cc1. The van der Waals surface area contributed by atoms with Crippen molar-refractivity contribution in [3.05, 3.63) is 35.6 Å². The van der Waals surface area contributed by atoms with E-state index in [1.165, 1.54) is 12.1 Å². The van der Waals surface area contributed by atoms with E-state index < -0.39 is 0 Å². The predicted octanol–water partition coefficient (Wildman–Crippen LogP) is 3.38. The summed E-state index contributed by atoms with van der Waals surface area (Å²) in [6.07, 6.45) is 3.26. The number of halogens is 1. The Morgan fingerprint density at radius 1 is 1.21 bits per heavy atom. The molecule has 2 nitrogen and oxygen atoms in total. The van der Waals surface area contributed by atoms with E-state index in [1.54, 1.807) is 0 Å². The Bertz CT molecular complexity index is 408. The minimum absolute atomic E-state index is 0.0878. The monoisotopic (exact) mass is 264 g/mol. The minimum atomic E-state index is -0.181. The minimum Gasteiger partial charge on any atom is -0.328 e. The first-order valence-corrected chi connectivity index (χ1v) is 7.13. The predicted molar refractivity (Wildman–Crippen MR) is 77.3 cm³/mol. The fourth-order valence-electron chi connectivity index (χ4n) is 2.90. The molecule has 3 unspecified atom stereocenters. The molecule has 3 heteroatoms. The lowest BCUT2D eigenvalue weighted by atomic mass is 9.82. The summed E-state index contributed by atoms with van der Waals surface area (Å²) >= 11 is 0. The van der Waals surface area contributed by atoms with Crippen LogP contribution in [0.2, 0.25) is 0 Å². The molecule has 1 aliphatic rings. The average molecular weight is 264 g/mol. The summed E-state index contributed by atoms with van der Waals surface area (Å²) in [5.41, 5.74) is 7.21. The Morgan fingerprint density at radius 3 is 2.32 bits per heavy atom. The zero-order valence-corrected chi connectivity index (χ0v) is 12.1. The van der Waals surface area contributed by atoms with Crippen molar-refractivity contribution in [3.8, 4) is 0 Å². The van der Waals surface area contributed by atoms with E-state index in [4.69, 9.17) is 5.73 Å². The molecule has 0 aromatic heterocycles. The molecule has 106 valence electrons. The van der Waals surface area contributed by atoms with E-state index in [9.17, 15) is 4.39 Å². The van der Waals surface area contributed by atoms with Gasteiger partial charge in [-0.1, -0.05) is 32.9 Å². The van der Waals surface area contributed by atoms with E-state index in [0.717, 1.165) is 24.8 Å². The van der Waals surface area contributed by atoms with Gasteiger partial charge in [0.1, 0.15) is 5.82 Å². The van der Waals surface area contributed by atoms with Crippen LogP contribution in [0.5, 0.6) is 0 Å². The Balaban J connectivity index is 2.14. The summed E-state index contributed by atoms with van der Waals surface area (Å²) in [5, 5.41) is 3.72. The van der Waals surface area contributed by atoms with Crippen molar-refractivity contribution in [2.24, 2.45) is 11.1 Å². The molecule has 0 spiro atoms. The standard InChI is InChI=1S/C16H25FN2/c1-16(2,3)15(11-4-6-12(17)7-5-11)19-14-9-8-13(18)10-14/h4-7,13-15,19H,8-10,18H2,1-3H3. The second kappa shape index (κ2) is 5.59. The van der Waals surface area contributed by atoms with E-state index in [-0.39, 0.29) is 17.3 Å². The molecule has 0 heterocycles. The molecule has 19 heavy (non-hydrogen) atoms. The van der Waals surface area contributed by atoms with Crippen LogP contribution in [0.25, 0.3) is 0 Å². The molecule has 3 atom stereocenters. The Hall–Kier alpha value is -0.930. The van der Waals surface area contributed by atoms with Crippen molar-refractivity contribution in [1.29, 1.82) is 0 Å². The van der Waals surface area contributed by atoms with Crippen LogP contribution in [0.1, 0.15) is 51.6 Å². The lowest BCUT2D eigenvalue weighted by Gasteiger charge is -2.34. The van der Waals surface area contributed by atoms with Gasteiger partial charge in [0, 0.05) is 18.1 Å². The Labute approximate surface area is 115 Å². The maximum Gasteiger partial charge on any atom is 0.123 e. The van der Waals surface area contributed by atoms with E-state index in [1.807, 2.05) is 12.1 Å². The maximum absolute atomic E-state index is 13.1. The number of nitrogens with two attached hydrogens (primary N) is 1. The fraction of sp³-hybridized carbons (Fsp3) is 0.625. The van der Waals surface area contributed by atoms with Crippen molar-refractivity contribution in [2.45, 2.75) is 58.2 Å². The first kappa shape index (κ1) is 14.5. The van der Waals surface area contributed by atoms with Crippen molar-refractivity contribution in [1.82, 2.24) is 5.32 Å². The summed E-state index contributed by atoms with van der Waals surface area (Å²) in [6.45, 7) is 6.63. The Morgan fingerprint density at radius 2 is 1.84 bits per heavy atom. The van der Waals surface area contributed by atoms with Gasteiger partial charge in [-0.2, -0.15) is 0 Å². The van der Waals surface area contributed by atoms with Gasteiger partial charge in [0.2, 0.25) is 0 Å². The summed E-state index contributed by atoms with van der Waals surface area (Å²) < 4.78 is 13.1. The molecule has 0 bridgehead atoms. The van der Waals surface area contributed by atoms with E-state index in [0.29, 0.717) is 12.1 Å². The molecule has 0 aliphatic heterocycles. The van der Waals surface area contributed by atoms with Crippen LogP contribution < -0.4 is 11.1 Å². The highest BCUT2D eigenvalue weighted by molar-refractivity contribution is 5.22. The van der Waals surface area contributed by atoms with Gasteiger partial charge in [0.25, 0.3) is 0 Å². The van der Waals surface area contributed by atoms with Crippen LogP contribution >= 0.6 is 0 Å². The van der Waals surface area contributed by atoms with Crippen molar-refractivity contribution >= 4 is 0 Å². The molecule has 0 amide bonds. The average Bonchev–Trinajstić information content (AvgIpc) is 2.72. The molecule has 0 radical (unpaired) electrons. The van der Waals surface area contributed by atoms with Crippen LogP contribution in [0.15, 0.2) is 24.3 Å². The molecule has 0 saturated heterocycles. The third kappa shape index (κ3) is 3.77. The van der Waals surface area contributed by atoms with Crippen LogP contribution in [0.3, 0.4) is 0 Å². The number of hydrogen-bond acceptors (Lipinski definition) is 2. The Kier molecular flexibility index (Phi) is 4.26. The normalized spacial score (nSPS) is 25.5. The van der Waals surface area contributed by atoms with Gasteiger partial charge in [-0.25, -0.2) is 4.39 Å². The topological polar surface area (TPSA) is 38.0 Å². The van der Waals surface area contributed by atoms with Gasteiger partial charge >= 0.3 is 0 Å². The van der Waals surface area contributed by atoms with Crippen LogP contribution in [0, 0.1) is 11.2 Å². The third-order valence-electron chi connectivity index (χ3n) is 3.94. The molecule has 1 saturated carbocycles. The third-order valence-corrected chi connectivity index (χ3v) is 3.94. The van der Waals surface area contributed by atoms with Gasteiger partial charge in [-0.3, -0.25) is 0 Å². The quantitative estimate of drug-likeness (QED) is 0.878. The van der Waals surface area contributed by atoms with Crippen LogP contribution in [-0.4, -0.2) is 12.1 Å². The number of nitrogens with one attached hydrogen (secondary N) is 1. The van der Waals surface area contributed by atoms with E-state index in [2.05, 4.69) is 26.1 Å². The highest BCUT2D eigenvalue weighted by Crippen LogP contribution is 2.34. The highest BCUT2D eigenvalue weighted by atomic mass is 19.1. The summed E-state index contributed by atoms with van der Waals surface area (Å²) in [6, 6.07) is 7.87. The summed E-state index contributed by atoms with van der Waals surface area (Å²) in [4.78, 5) is 0. The zero-order valence-electron chi connectivity index (χ0n) is 12.1. The molecule has 1 aromatic carbocycles. The fourth-order valence-corrected chi connectivity index (χ4v) is 2.90. The van der Waals surface area contributed by atoms with Crippen LogP contribution in [0.4, 0.5) is 4.39 Å². The highest BCUT2D eigenvalue weighted by Gasteiger charge is 2.31. The smallest absolute Gasteiger partial charge is 0.123 e. The second-order valence-corrected chi connectivity index (χ2v) is 6.79. The second-order valence-electron chi connectivity index (χ2n) is 6.79. The molecular formula is C16H25FN2. The summed E-state index contributed by atoms with van der Waals surface area (Å²) in [5.74, 6) is -0.181. The molecule has 3 N–H and O–H groups in total. The molecule has 1 fully saturated rings. The van der Waals surface area contributed by atoms with Crippen molar-refractivity contribution in [2.75, 3.05) is 0 Å². The van der Waals surface area contributed by atoms with Gasteiger partial charge in [-0.05, 0) is 42.4 Å². The zero-order chi connectivity index (χ0) is 14.0. The lowest BCUT2D eigenvalue weighted by Crippen LogP contribution is -2.38. The van der Waals surface area contributed by atoms with Crippen molar-refractivity contribution in [3.63, 3.8) is 0 Å². The van der Waals surface area contributed by atoms with Gasteiger partial charge < -0.3 is 11.1 Å². The number of rotatable bonds is 3. The first-order chi connectivity index (χ1) is 8.86. The van der Waals surface area contributed by atoms with E-state index >= 15 is 0 Å². The van der Waals surface area contributed by atoms with Gasteiger partial charge in [0.05, 0.1) is 0 Å². The molecule has 1 aliphatic carbocycles. The maximum atomic E-state index is 13.1.